The highest BCUT2D eigenvalue weighted by Crippen LogP contribution is 2.33. The molecule has 4 N–H and O–H groups in total. The summed E-state index contributed by atoms with van der Waals surface area (Å²) in [5, 5.41) is 13.7. The highest BCUT2D eigenvalue weighted by atomic mass is 35.5. The standard InChI is InChI=1S/C30H52N2O5.ClH/c1-9-11-14-32-29(35)21(5)15-26(33)25(31)17-23(20(3)4)16-22-12-13-24(30(6,7)8)18-27(22)37-19-28(34)36-10-2;/h12-13,18,20-21,23,25-26,33H,9-11,14-17,19,31H2,1-8H3,(H,32,35);1H/t21?,23-,25-,26-;/m0./s1. The first-order valence-electron chi connectivity index (χ1n) is 13.9. The van der Waals surface area contributed by atoms with Gasteiger partial charge in [-0.05, 0) is 67.1 Å². The summed E-state index contributed by atoms with van der Waals surface area (Å²) in [4.78, 5) is 24.3. The Balaban J connectivity index is 0.0000137. The fourth-order valence-corrected chi connectivity index (χ4v) is 4.25. The number of carbonyl (C=O) groups is 2. The lowest BCUT2D eigenvalue weighted by Gasteiger charge is -2.29. The van der Waals surface area contributed by atoms with E-state index >= 15 is 0 Å². The molecule has 38 heavy (non-hydrogen) atoms. The van der Waals surface area contributed by atoms with E-state index < -0.39 is 18.1 Å². The Morgan fingerprint density at radius 2 is 1.76 bits per heavy atom. The highest BCUT2D eigenvalue weighted by Gasteiger charge is 2.27. The molecule has 0 aliphatic heterocycles. The van der Waals surface area contributed by atoms with Gasteiger partial charge in [0.1, 0.15) is 5.75 Å². The summed E-state index contributed by atoms with van der Waals surface area (Å²) >= 11 is 0. The SMILES string of the molecule is CCCCNC(=O)C(C)C[C@H](O)[C@@H](N)C[C@H](Cc1ccc(C(C)(C)C)cc1OCC(=O)OCC)C(C)C.Cl. The van der Waals surface area contributed by atoms with Gasteiger partial charge in [0, 0.05) is 18.5 Å². The van der Waals surface area contributed by atoms with Crippen LogP contribution in [0.4, 0.5) is 0 Å². The van der Waals surface area contributed by atoms with Gasteiger partial charge in [0.05, 0.1) is 12.7 Å². The molecule has 0 heterocycles. The van der Waals surface area contributed by atoms with Crippen LogP contribution < -0.4 is 15.8 Å². The number of nitrogens with one attached hydrogen (secondary N) is 1. The smallest absolute Gasteiger partial charge is 0.344 e. The van der Waals surface area contributed by atoms with E-state index in [4.69, 9.17) is 15.2 Å². The molecular formula is C30H53ClN2O5. The van der Waals surface area contributed by atoms with Crippen molar-refractivity contribution >= 4 is 24.3 Å². The predicted molar refractivity (Wildman–Crippen MR) is 157 cm³/mol. The van der Waals surface area contributed by atoms with Crippen molar-refractivity contribution in [3.63, 3.8) is 0 Å². The molecule has 1 aromatic carbocycles. The topological polar surface area (TPSA) is 111 Å². The van der Waals surface area contributed by atoms with E-state index in [0.717, 1.165) is 24.0 Å². The number of aliphatic hydroxyl groups is 1. The quantitative estimate of drug-likeness (QED) is 0.191. The molecule has 8 heteroatoms. The van der Waals surface area contributed by atoms with Gasteiger partial charge in [0.25, 0.3) is 0 Å². The van der Waals surface area contributed by atoms with E-state index in [1.807, 2.05) is 13.0 Å². The van der Waals surface area contributed by atoms with Gasteiger partial charge in [0.15, 0.2) is 6.61 Å². The molecule has 7 nitrogen and oxygen atoms in total. The van der Waals surface area contributed by atoms with Crippen molar-refractivity contribution < 1.29 is 24.2 Å². The summed E-state index contributed by atoms with van der Waals surface area (Å²) in [5.41, 5.74) is 8.51. The molecule has 1 unspecified atom stereocenters. The number of unbranched alkanes of at least 4 members (excludes halogenated alkanes) is 1. The number of halogens is 1. The lowest BCUT2D eigenvalue weighted by atomic mass is 9.81. The van der Waals surface area contributed by atoms with Crippen LogP contribution in [0, 0.1) is 17.8 Å². The first kappa shape index (κ1) is 36.2. The number of nitrogens with two attached hydrogens (primary N) is 1. The molecule has 1 rings (SSSR count). The monoisotopic (exact) mass is 556 g/mol. The first-order chi connectivity index (χ1) is 17.3. The molecule has 0 bridgehead atoms. The molecule has 0 aliphatic rings. The molecule has 4 atom stereocenters. The van der Waals surface area contributed by atoms with Gasteiger partial charge in [0.2, 0.25) is 5.91 Å². The Morgan fingerprint density at radius 1 is 1.11 bits per heavy atom. The Bertz CT molecular complexity index is 840. The van der Waals surface area contributed by atoms with Gasteiger partial charge in [-0.25, -0.2) is 4.79 Å². The van der Waals surface area contributed by atoms with Gasteiger partial charge in [-0.3, -0.25) is 4.79 Å². The number of hydrogen-bond donors (Lipinski definition) is 3. The van der Waals surface area contributed by atoms with Crippen molar-refractivity contribution in [3.8, 4) is 5.75 Å². The summed E-state index contributed by atoms with van der Waals surface area (Å²) in [7, 11) is 0. The first-order valence-corrected chi connectivity index (χ1v) is 13.9. The van der Waals surface area contributed by atoms with Gasteiger partial charge < -0.3 is 25.6 Å². The Labute approximate surface area is 237 Å². The van der Waals surface area contributed by atoms with E-state index in [0.29, 0.717) is 44.1 Å². The number of rotatable bonds is 16. The summed E-state index contributed by atoms with van der Waals surface area (Å²) in [6.07, 6.45) is 2.84. The Kier molecular flexibility index (Phi) is 16.8. The molecule has 0 spiro atoms. The van der Waals surface area contributed by atoms with Crippen LogP contribution >= 0.6 is 12.4 Å². The van der Waals surface area contributed by atoms with E-state index in [2.05, 4.69) is 59.0 Å². The molecular weight excluding hydrogens is 504 g/mol. The minimum Gasteiger partial charge on any atom is -0.482 e. The van der Waals surface area contributed by atoms with Crippen LogP contribution in [0.2, 0.25) is 0 Å². The van der Waals surface area contributed by atoms with Gasteiger partial charge in [-0.1, -0.05) is 67.0 Å². The second-order valence-electron chi connectivity index (χ2n) is 11.6. The summed E-state index contributed by atoms with van der Waals surface area (Å²) in [6, 6.07) is 5.74. The molecule has 1 aromatic rings. The van der Waals surface area contributed by atoms with Crippen LogP contribution in [0.15, 0.2) is 18.2 Å². The number of aliphatic hydroxyl groups excluding tert-OH is 1. The van der Waals surface area contributed by atoms with E-state index in [9.17, 15) is 14.7 Å². The third-order valence-electron chi connectivity index (χ3n) is 6.95. The van der Waals surface area contributed by atoms with Crippen LogP contribution in [0.3, 0.4) is 0 Å². The van der Waals surface area contributed by atoms with Crippen LogP contribution in [-0.2, 0) is 26.2 Å². The Hall–Kier alpha value is -1.83. The van der Waals surface area contributed by atoms with Crippen molar-refractivity contribution in [2.24, 2.45) is 23.5 Å². The summed E-state index contributed by atoms with van der Waals surface area (Å²) in [6.45, 7) is 17.2. The maximum Gasteiger partial charge on any atom is 0.344 e. The zero-order valence-electron chi connectivity index (χ0n) is 24.8. The summed E-state index contributed by atoms with van der Waals surface area (Å²) < 4.78 is 11.0. The van der Waals surface area contributed by atoms with Crippen LogP contribution in [0.25, 0.3) is 0 Å². The molecule has 0 fully saturated rings. The van der Waals surface area contributed by atoms with E-state index in [1.165, 1.54) is 0 Å². The lowest BCUT2D eigenvalue weighted by molar-refractivity contribution is -0.145. The molecule has 220 valence electrons. The fraction of sp³-hybridized carbons (Fsp3) is 0.733. The number of ether oxygens (including phenoxy) is 2. The third kappa shape index (κ3) is 12.8. The number of amides is 1. The molecule has 0 aliphatic carbocycles. The molecule has 0 aromatic heterocycles. The van der Waals surface area contributed by atoms with Crippen molar-refractivity contribution in [2.75, 3.05) is 19.8 Å². The molecule has 0 saturated heterocycles. The minimum atomic E-state index is -0.768. The average molecular weight is 557 g/mol. The molecule has 1 amide bonds. The zero-order valence-corrected chi connectivity index (χ0v) is 25.7. The molecule has 0 saturated carbocycles. The number of hydrogen-bond acceptors (Lipinski definition) is 6. The van der Waals surface area contributed by atoms with Gasteiger partial charge in [-0.2, -0.15) is 0 Å². The van der Waals surface area contributed by atoms with Crippen molar-refractivity contribution in [1.29, 1.82) is 0 Å². The largest absolute Gasteiger partial charge is 0.482 e. The van der Waals surface area contributed by atoms with Crippen molar-refractivity contribution in [3.05, 3.63) is 29.3 Å². The van der Waals surface area contributed by atoms with E-state index in [-0.39, 0.29) is 42.2 Å². The third-order valence-corrected chi connectivity index (χ3v) is 6.95. The molecule has 0 radical (unpaired) electrons. The van der Waals surface area contributed by atoms with Crippen molar-refractivity contribution in [2.45, 2.75) is 105 Å². The summed E-state index contributed by atoms with van der Waals surface area (Å²) in [5.74, 6) is 0.438. The second-order valence-corrected chi connectivity index (χ2v) is 11.6. The van der Waals surface area contributed by atoms with E-state index in [1.54, 1.807) is 6.92 Å². The van der Waals surface area contributed by atoms with Crippen LogP contribution in [0.1, 0.15) is 92.2 Å². The maximum atomic E-state index is 12.3. The zero-order chi connectivity index (χ0) is 28.2. The highest BCUT2D eigenvalue weighted by molar-refractivity contribution is 5.85. The predicted octanol–water partition coefficient (Wildman–Crippen LogP) is 5.18. The minimum absolute atomic E-state index is 0. The lowest BCUT2D eigenvalue weighted by Crippen LogP contribution is -2.41. The van der Waals surface area contributed by atoms with Gasteiger partial charge >= 0.3 is 5.97 Å². The number of benzene rings is 1. The fourth-order valence-electron chi connectivity index (χ4n) is 4.25. The van der Waals surface area contributed by atoms with Crippen LogP contribution in [-0.4, -0.2) is 48.9 Å². The average Bonchev–Trinajstić information content (AvgIpc) is 2.82. The van der Waals surface area contributed by atoms with Gasteiger partial charge in [-0.15, -0.1) is 12.4 Å². The number of esters is 1. The van der Waals surface area contributed by atoms with Crippen LogP contribution in [0.5, 0.6) is 5.75 Å². The second kappa shape index (κ2) is 17.7. The maximum absolute atomic E-state index is 12.3. The Morgan fingerprint density at radius 3 is 2.32 bits per heavy atom. The normalized spacial score (nSPS) is 14.7. The van der Waals surface area contributed by atoms with Crippen molar-refractivity contribution in [1.82, 2.24) is 5.32 Å². The number of carbonyl (C=O) groups excluding carboxylic acids is 2.